The van der Waals surface area contributed by atoms with E-state index in [-0.39, 0.29) is 23.0 Å². The summed E-state index contributed by atoms with van der Waals surface area (Å²) < 4.78 is 0. The van der Waals surface area contributed by atoms with E-state index in [0.29, 0.717) is 18.8 Å². The molecule has 0 aliphatic carbocycles. The van der Waals surface area contributed by atoms with Crippen molar-refractivity contribution < 1.29 is 15.2 Å². The Labute approximate surface area is 121 Å². The van der Waals surface area contributed by atoms with Gasteiger partial charge < -0.3 is 20.9 Å². The van der Waals surface area contributed by atoms with E-state index >= 15 is 0 Å². The van der Waals surface area contributed by atoms with Crippen molar-refractivity contribution >= 4 is 17.2 Å². The Bertz CT molecular complexity index is 575. The highest BCUT2D eigenvalue weighted by atomic mass is 16.6. The van der Waals surface area contributed by atoms with Gasteiger partial charge in [0.25, 0.3) is 5.69 Å². The highest BCUT2D eigenvalue weighted by Crippen LogP contribution is 2.32. The maximum Gasteiger partial charge on any atom is 0.293 e. The first-order valence-electron chi connectivity index (χ1n) is 6.63. The zero-order chi connectivity index (χ0) is 15.6. The summed E-state index contributed by atoms with van der Waals surface area (Å²) in [6.07, 6.45) is 0.252. The Morgan fingerprint density at radius 1 is 1.57 bits per heavy atom. The summed E-state index contributed by atoms with van der Waals surface area (Å²) in [4.78, 5) is 12.5. The molecule has 0 spiro atoms. The predicted molar refractivity (Wildman–Crippen MR) is 77.6 cm³/mol. The number of anilines is 1. The summed E-state index contributed by atoms with van der Waals surface area (Å²) in [5, 5.41) is 32.7. The summed E-state index contributed by atoms with van der Waals surface area (Å²) >= 11 is 0. The monoisotopic (exact) mass is 294 g/mol. The molecule has 1 aromatic rings. The first-order valence-corrected chi connectivity index (χ1v) is 6.63. The normalized spacial score (nSPS) is 23.1. The minimum Gasteiger partial charge on any atom is -0.409 e. The molecule has 1 heterocycles. The fraction of sp³-hybridized carbons (Fsp3) is 0.462. The molecular formula is C13H18N4O4. The summed E-state index contributed by atoms with van der Waals surface area (Å²) in [5.41, 5.74) is 6.04. The lowest BCUT2D eigenvalue weighted by Crippen LogP contribution is -2.43. The number of nitrogens with two attached hydrogens (primary N) is 1. The maximum absolute atomic E-state index is 11.2. The summed E-state index contributed by atoms with van der Waals surface area (Å²) in [6.45, 7) is 2.95. The predicted octanol–water partition coefficient (Wildman–Crippen LogP) is 0.896. The summed E-state index contributed by atoms with van der Waals surface area (Å²) in [7, 11) is 0. The van der Waals surface area contributed by atoms with E-state index in [9.17, 15) is 15.2 Å². The molecule has 4 N–H and O–H groups in total. The molecule has 2 unspecified atom stereocenters. The van der Waals surface area contributed by atoms with Crippen LogP contribution >= 0.6 is 0 Å². The van der Waals surface area contributed by atoms with Crippen LogP contribution in [-0.4, -0.2) is 40.3 Å². The van der Waals surface area contributed by atoms with Crippen molar-refractivity contribution in [3.8, 4) is 0 Å². The van der Waals surface area contributed by atoms with Crippen LogP contribution in [0, 0.1) is 16.0 Å². The number of aliphatic hydroxyl groups is 1. The zero-order valence-corrected chi connectivity index (χ0v) is 11.6. The van der Waals surface area contributed by atoms with Gasteiger partial charge in [-0.15, -0.1) is 0 Å². The second kappa shape index (κ2) is 5.96. The van der Waals surface area contributed by atoms with Gasteiger partial charge in [-0.3, -0.25) is 10.1 Å². The molecule has 21 heavy (non-hydrogen) atoms. The molecule has 2 atom stereocenters. The number of rotatable bonds is 3. The van der Waals surface area contributed by atoms with E-state index in [1.54, 1.807) is 17.0 Å². The molecule has 0 amide bonds. The quantitative estimate of drug-likeness (QED) is 0.250. The van der Waals surface area contributed by atoms with E-state index in [1.807, 2.05) is 6.92 Å². The fourth-order valence-corrected chi connectivity index (χ4v) is 2.42. The van der Waals surface area contributed by atoms with Crippen molar-refractivity contribution in [2.75, 3.05) is 18.0 Å². The SMILES string of the molecule is CC1CCN(c2ccc(/C(N)=N/O)cc2[N+](=O)[O-])CC1O. The number of piperidine rings is 1. The largest absolute Gasteiger partial charge is 0.409 e. The van der Waals surface area contributed by atoms with Gasteiger partial charge in [-0.05, 0) is 24.5 Å². The average Bonchev–Trinajstić information content (AvgIpc) is 2.48. The lowest BCUT2D eigenvalue weighted by molar-refractivity contribution is -0.384. The molecule has 8 nitrogen and oxygen atoms in total. The van der Waals surface area contributed by atoms with Crippen LogP contribution in [0.2, 0.25) is 0 Å². The van der Waals surface area contributed by atoms with E-state index in [2.05, 4.69) is 5.16 Å². The van der Waals surface area contributed by atoms with Gasteiger partial charge >= 0.3 is 0 Å². The van der Waals surface area contributed by atoms with Crippen LogP contribution in [0.5, 0.6) is 0 Å². The molecule has 0 radical (unpaired) electrons. The number of hydrogen-bond donors (Lipinski definition) is 3. The Morgan fingerprint density at radius 2 is 2.29 bits per heavy atom. The molecule has 1 aliphatic heterocycles. The molecule has 114 valence electrons. The summed E-state index contributed by atoms with van der Waals surface area (Å²) in [6, 6.07) is 4.39. The molecule has 8 heteroatoms. The van der Waals surface area contributed by atoms with E-state index < -0.39 is 11.0 Å². The van der Waals surface area contributed by atoms with Crippen molar-refractivity contribution in [3.63, 3.8) is 0 Å². The van der Waals surface area contributed by atoms with Crippen molar-refractivity contribution in [3.05, 3.63) is 33.9 Å². The number of nitro groups is 1. The van der Waals surface area contributed by atoms with E-state index in [0.717, 1.165) is 6.42 Å². The molecule has 1 saturated heterocycles. The molecule has 1 fully saturated rings. The van der Waals surface area contributed by atoms with Crippen molar-refractivity contribution in [2.45, 2.75) is 19.4 Å². The van der Waals surface area contributed by atoms with Crippen LogP contribution < -0.4 is 10.6 Å². The van der Waals surface area contributed by atoms with Crippen molar-refractivity contribution in [2.24, 2.45) is 16.8 Å². The molecule has 1 aromatic carbocycles. The van der Waals surface area contributed by atoms with E-state index in [4.69, 9.17) is 10.9 Å². The minimum atomic E-state index is -0.512. The van der Waals surface area contributed by atoms with Crippen LogP contribution in [0.3, 0.4) is 0 Å². The molecule has 0 aromatic heterocycles. The lowest BCUT2D eigenvalue weighted by Gasteiger charge is -2.35. The number of nitrogens with zero attached hydrogens (tertiary/aromatic N) is 3. The van der Waals surface area contributed by atoms with Crippen LogP contribution in [0.25, 0.3) is 0 Å². The smallest absolute Gasteiger partial charge is 0.293 e. The first kappa shape index (κ1) is 15.0. The highest BCUT2D eigenvalue weighted by molar-refractivity contribution is 5.98. The second-order valence-electron chi connectivity index (χ2n) is 5.23. The molecule has 1 aliphatic rings. The fourth-order valence-electron chi connectivity index (χ4n) is 2.42. The third-order valence-corrected chi connectivity index (χ3v) is 3.83. The number of β-amino-alcohol motifs (C(OH)–C–C–N with tert-alkyl or cyclic N) is 1. The maximum atomic E-state index is 11.2. The number of amidine groups is 1. The number of aliphatic hydroxyl groups excluding tert-OH is 1. The van der Waals surface area contributed by atoms with Gasteiger partial charge in [0.1, 0.15) is 5.69 Å². The molecular weight excluding hydrogens is 276 g/mol. The standard InChI is InChI=1S/C13H18N4O4/c1-8-4-5-16(7-12(8)18)10-3-2-9(13(14)15-19)6-11(10)17(20)21/h2-3,6,8,12,18-19H,4-5,7H2,1H3,(H2,14,15). The van der Waals surface area contributed by atoms with Gasteiger partial charge in [-0.2, -0.15) is 0 Å². The number of nitro benzene ring substituents is 1. The van der Waals surface area contributed by atoms with Gasteiger partial charge in [-0.25, -0.2) is 0 Å². The van der Waals surface area contributed by atoms with Crippen LogP contribution in [0.15, 0.2) is 23.4 Å². The van der Waals surface area contributed by atoms with Crippen molar-refractivity contribution in [1.29, 1.82) is 0 Å². The van der Waals surface area contributed by atoms with Crippen molar-refractivity contribution in [1.82, 2.24) is 0 Å². The third kappa shape index (κ3) is 3.05. The Kier molecular flexibility index (Phi) is 4.27. The van der Waals surface area contributed by atoms with E-state index in [1.165, 1.54) is 6.07 Å². The lowest BCUT2D eigenvalue weighted by atomic mass is 9.95. The third-order valence-electron chi connectivity index (χ3n) is 3.83. The molecule has 2 rings (SSSR count). The van der Waals surface area contributed by atoms with Crippen LogP contribution in [0.1, 0.15) is 18.9 Å². The summed E-state index contributed by atoms with van der Waals surface area (Å²) in [5.74, 6) is -0.00584. The Balaban J connectivity index is 2.37. The van der Waals surface area contributed by atoms with Gasteiger partial charge in [-0.1, -0.05) is 12.1 Å². The average molecular weight is 294 g/mol. The van der Waals surface area contributed by atoms with Crippen LogP contribution in [0.4, 0.5) is 11.4 Å². The zero-order valence-electron chi connectivity index (χ0n) is 11.6. The molecule has 0 saturated carbocycles. The minimum absolute atomic E-state index is 0.124. The highest BCUT2D eigenvalue weighted by Gasteiger charge is 2.28. The Hall–Kier alpha value is -2.35. The van der Waals surface area contributed by atoms with Gasteiger partial charge in [0.05, 0.1) is 11.0 Å². The Morgan fingerprint density at radius 3 is 2.86 bits per heavy atom. The topological polar surface area (TPSA) is 125 Å². The second-order valence-corrected chi connectivity index (χ2v) is 5.23. The van der Waals surface area contributed by atoms with Gasteiger partial charge in [0.15, 0.2) is 5.84 Å². The number of oxime groups is 1. The number of hydrogen-bond acceptors (Lipinski definition) is 6. The van der Waals surface area contributed by atoms with Crippen LogP contribution in [-0.2, 0) is 0 Å². The number of benzene rings is 1. The van der Waals surface area contributed by atoms with Gasteiger partial charge in [0.2, 0.25) is 0 Å². The van der Waals surface area contributed by atoms with Gasteiger partial charge in [0, 0.05) is 24.7 Å². The first-order chi connectivity index (χ1) is 9.93. The molecule has 0 bridgehead atoms.